The van der Waals surface area contributed by atoms with E-state index in [0.717, 1.165) is 29.5 Å². The van der Waals surface area contributed by atoms with Crippen molar-refractivity contribution in [1.29, 1.82) is 0 Å². The van der Waals surface area contributed by atoms with E-state index in [2.05, 4.69) is 19.9 Å². The Hall–Kier alpha value is -3.71. The van der Waals surface area contributed by atoms with E-state index >= 15 is 0 Å². The second kappa shape index (κ2) is 10.0. The Balaban J connectivity index is 1.65. The number of Topliss-reactive ketones (excluding diaryl/α,β-unsaturated/α-hetero) is 3. The predicted octanol–water partition coefficient (Wildman–Crippen LogP) is 5.45. The second-order valence-corrected chi connectivity index (χ2v) is 11.9. The van der Waals surface area contributed by atoms with Crippen LogP contribution in [-0.4, -0.2) is 45.4 Å². The van der Waals surface area contributed by atoms with Crippen LogP contribution in [0.15, 0.2) is 52.8 Å². The van der Waals surface area contributed by atoms with Gasteiger partial charge >= 0.3 is 0 Å². The molecule has 0 heterocycles. The van der Waals surface area contributed by atoms with Crippen molar-refractivity contribution in [3.63, 3.8) is 0 Å². The normalized spacial score (nSPS) is 24.2. The summed E-state index contributed by atoms with van der Waals surface area (Å²) in [6.07, 6.45) is 2.77. The fraction of sp³-hybridized carbons (Fsp3) is 0.424. The first-order chi connectivity index (χ1) is 18.9. The topological polar surface area (TPSA) is 121 Å². The van der Waals surface area contributed by atoms with Crippen molar-refractivity contribution in [2.45, 2.75) is 65.4 Å². The number of carbonyl (C=O) groups excluding carboxylic acids is 3. The number of phenols is 1. The van der Waals surface area contributed by atoms with Crippen LogP contribution in [0.1, 0.15) is 68.4 Å². The number of benzene rings is 2. The molecular formula is C33H36O7. The van der Waals surface area contributed by atoms with Crippen LogP contribution in [0.2, 0.25) is 0 Å². The van der Waals surface area contributed by atoms with E-state index in [4.69, 9.17) is 4.74 Å². The smallest absolute Gasteiger partial charge is 0.205 e. The number of aryl methyl sites for hydroxylation is 1. The van der Waals surface area contributed by atoms with Crippen LogP contribution in [0.4, 0.5) is 0 Å². The number of ether oxygens (including phenoxy) is 1. The van der Waals surface area contributed by atoms with Gasteiger partial charge in [0.05, 0.1) is 18.2 Å². The van der Waals surface area contributed by atoms with Gasteiger partial charge < -0.3 is 20.1 Å². The van der Waals surface area contributed by atoms with Crippen LogP contribution in [0.3, 0.4) is 0 Å². The number of allylic oxidation sites excluding steroid dienone is 2. The van der Waals surface area contributed by atoms with Crippen LogP contribution in [0, 0.1) is 17.8 Å². The van der Waals surface area contributed by atoms with Crippen LogP contribution in [0.5, 0.6) is 11.5 Å². The zero-order valence-electron chi connectivity index (χ0n) is 23.6. The summed E-state index contributed by atoms with van der Waals surface area (Å²) in [5.74, 6) is -2.86. The lowest BCUT2D eigenvalue weighted by Crippen LogP contribution is -2.56. The number of ketones is 3. The van der Waals surface area contributed by atoms with Gasteiger partial charge in [0.1, 0.15) is 17.3 Å². The largest absolute Gasteiger partial charge is 0.508 e. The average Bonchev–Trinajstić information content (AvgIpc) is 2.89. The second-order valence-electron chi connectivity index (χ2n) is 11.9. The lowest BCUT2D eigenvalue weighted by atomic mass is 9.59. The molecule has 3 atom stereocenters. The molecule has 0 spiro atoms. The van der Waals surface area contributed by atoms with Crippen molar-refractivity contribution in [2.75, 3.05) is 7.11 Å². The molecule has 0 unspecified atom stereocenters. The number of aromatic hydroxyl groups is 1. The van der Waals surface area contributed by atoms with Crippen molar-refractivity contribution < 1.29 is 34.4 Å². The summed E-state index contributed by atoms with van der Waals surface area (Å²) in [5.41, 5.74) is 1.46. The van der Waals surface area contributed by atoms with E-state index in [-0.39, 0.29) is 35.3 Å². The SMILES string of the molecule is COc1ccc(CCC(C)C)cc1-c1ccc(O)c2c1C[C@H]1C[C@H]3CC(C)=C(C(C)=O)C(=O)[C@@]3(O)C(O)=C1C2=O. The van der Waals surface area contributed by atoms with Gasteiger partial charge in [0, 0.05) is 17.1 Å². The van der Waals surface area contributed by atoms with Gasteiger partial charge in [0.15, 0.2) is 17.2 Å². The molecule has 2 aromatic carbocycles. The van der Waals surface area contributed by atoms with Crippen LogP contribution in [-0.2, 0) is 22.4 Å². The first-order valence-electron chi connectivity index (χ1n) is 13.9. The monoisotopic (exact) mass is 544 g/mol. The van der Waals surface area contributed by atoms with Gasteiger partial charge in [0.25, 0.3) is 0 Å². The van der Waals surface area contributed by atoms with E-state index in [1.807, 2.05) is 12.1 Å². The molecule has 0 aromatic heterocycles. The highest BCUT2D eigenvalue weighted by molar-refractivity contribution is 6.25. The van der Waals surface area contributed by atoms with Crippen molar-refractivity contribution in [3.05, 3.63) is 69.5 Å². The molecule has 3 N–H and O–H groups in total. The Morgan fingerprint density at radius 1 is 1.10 bits per heavy atom. The zero-order chi connectivity index (χ0) is 29.1. The Bertz CT molecular complexity index is 1510. The quantitative estimate of drug-likeness (QED) is 0.413. The van der Waals surface area contributed by atoms with Crippen LogP contribution in [0.25, 0.3) is 11.1 Å². The molecule has 3 aliphatic rings. The van der Waals surface area contributed by atoms with Gasteiger partial charge in [-0.15, -0.1) is 0 Å². The number of fused-ring (bicyclic) bond motifs is 3. The van der Waals surface area contributed by atoms with E-state index in [9.17, 15) is 29.7 Å². The number of aliphatic hydroxyl groups is 2. The predicted molar refractivity (Wildman–Crippen MR) is 150 cm³/mol. The van der Waals surface area contributed by atoms with Crippen LogP contribution < -0.4 is 4.74 Å². The minimum atomic E-state index is -2.35. The number of carbonyl (C=O) groups is 3. The van der Waals surface area contributed by atoms with E-state index in [1.165, 1.54) is 13.0 Å². The molecule has 7 heteroatoms. The minimum Gasteiger partial charge on any atom is -0.508 e. The molecule has 5 rings (SSSR count). The Labute approximate surface area is 234 Å². The first-order valence-corrected chi connectivity index (χ1v) is 13.9. The van der Waals surface area contributed by atoms with Crippen molar-refractivity contribution >= 4 is 17.3 Å². The van der Waals surface area contributed by atoms with Gasteiger partial charge in [-0.05, 0) is 92.7 Å². The molecule has 0 amide bonds. The zero-order valence-corrected chi connectivity index (χ0v) is 23.6. The summed E-state index contributed by atoms with van der Waals surface area (Å²) in [4.78, 5) is 39.6. The number of hydrogen-bond donors (Lipinski definition) is 3. The van der Waals surface area contributed by atoms with Gasteiger partial charge in [-0.3, -0.25) is 14.4 Å². The third kappa shape index (κ3) is 4.19. The maximum Gasteiger partial charge on any atom is 0.205 e. The molecule has 210 valence electrons. The lowest BCUT2D eigenvalue weighted by Gasteiger charge is -2.46. The fourth-order valence-electron chi connectivity index (χ4n) is 6.85. The standard InChI is InChI=1S/C33H36O7/c1-16(2)6-7-19-8-11-26(40-5)23(13-19)22-9-10-25(35)29-24(22)15-20-14-21-12-17(3)27(18(4)34)31(37)33(21,39)32(38)28(20)30(29)36/h8-11,13,16,20-21,35,38-39H,6-7,12,14-15H2,1-5H3/t20-,21-,33-/m1/s1. The number of aliphatic hydroxyl groups excluding tert-OH is 1. The van der Waals surface area contributed by atoms with E-state index in [1.54, 1.807) is 20.1 Å². The average molecular weight is 545 g/mol. The van der Waals surface area contributed by atoms with E-state index < -0.39 is 40.5 Å². The van der Waals surface area contributed by atoms with Crippen molar-refractivity contribution in [2.24, 2.45) is 17.8 Å². The molecule has 0 radical (unpaired) electrons. The van der Waals surface area contributed by atoms with Gasteiger partial charge in [0.2, 0.25) is 5.78 Å². The molecule has 0 fully saturated rings. The third-order valence-corrected chi connectivity index (χ3v) is 8.87. The minimum absolute atomic E-state index is 0.0498. The van der Waals surface area contributed by atoms with Crippen LogP contribution >= 0.6 is 0 Å². The summed E-state index contributed by atoms with van der Waals surface area (Å²) < 4.78 is 5.69. The van der Waals surface area contributed by atoms with Gasteiger partial charge in [-0.1, -0.05) is 31.6 Å². The molecule has 0 saturated heterocycles. The number of phenolic OH excluding ortho intramolecular Hbond substituents is 1. The molecule has 2 aromatic rings. The van der Waals surface area contributed by atoms with E-state index in [0.29, 0.717) is 29.2 Å². The Kier molecular flexibility index (Phi) is 6.99. The van der Waals surface area contributed by atoms with Gasteiger partial charge in [-0.25, -0.2) is 0 Å². The molecule has 0 saturated carbocycles. The summed E-state index contributed by atoms with van der Waals surface area (Å²) >= 11 is 0. The summed E-state index contributed by atoms with van der Waals surface area (Å²) in [5, 5.41) is 33.8. The van der Waals surface area contributed by atoms with Crippen molar-refractivity contribution in [1.82, 2.24) is 0 Å². The molecule has 7 nitrogen and oxygen atoms in total. The number of rotatable bonds is 6. The lowest BCUT2D eigenvalue weighted by molar-refractivity contribution is -0.143. The summed E-state index contributed by atoms with van der Waals surface area (Å²) in [6, 6.07) is 9.26. The number of hydrogen-bond acceptors (Lipinski definition) is 7. The molecule has 3 aliphatic carbocycles. The summed E-state index contributed by atoms with van der Waals surface area (Å²) in [6.45, 7) is 7.30. The highest BCUT2D eigenvalue weighted by Crippen LogP contribution is 2.53. The maximum atomic E-state index is 14.0. The fourth-order valence-corrected chi connectivity index (χ4v) is 6.85. The Morgan fingerprint density at radius 2 is 1.82 bits per heavy atom. The third-order valence-electron chi connectivity index (χ3n) is 8.87. The highest BCUT2D eigenvalue weighted by Gasteiger charge is 2.58. The number of methoxy groups -OCH3 is 1. The highest BCUT2D eigenvalue weighted by atomic mass is 16.5. The first kappa shape index (κ1) is 27.8. The molecular weight excluding hydrogens is 508 g/mol. The van der Waals surface area contributed by atoms with Gasteiger partial charge in [-0.2, -0.15) is 0 Å². The molecule has 0 aliphatic heterocycles. The molecule has 0 bridgehead atoms. The summed E-state index contributed by atoms with van der Waals surface area (Å²) in [7, 11) is 1.59. The Morgan fingerprint density at radius 3 is 2.48 bits per heavy atom. The van der Waals surface area contributed by atoms with Crippen molar-refractivity contribution in [3.8, 4) is 22.6 Å². The maximum absolute atomic E-state index is 14.0. The molecule has 40 heavy (non-hydrogen) atoms.